The predicted octanol–water partition coefficient (Wildman–Crippen LogP) is 0.397. The minimum Gasteiger partial charge on any atom is -0.465 e. The van der Waals surface area contributed by atoms with E-state index in [1.807, 2.05) is 0 Å². The largest absolute Gasteiger partial charge is 0.465 e. The molecule has 0 saturated carbocycles. The monoisotopic (exact) mass is 290 g/mol. The number of ether oxygens (including phenoxy) is 1. The zero-order chi connectivity index (χ0) is 14.4. The van der Waals surface area contributed by atoms with E-state index in [9.17, 15) is 13.2 Å². The van der Waals surface area contributed by atoms with Gasteiger partial charge in [-0.05, 0) is 25.3 Å². The first-order valence-corrected chi connectivity index (χ1v) is 7.91. The molecule has 1 aliphatic rings. The normalized spacial score (nSPS) is 20.3. The molecule has 1 saturated heterocycles. The Bertz CT molecular complexity index is 456. The van der Waals surface area contributed by atoms with E-state index in [2.05, 4.69) is 15.3 Å². The zero-order valence-electron chi connectivity index (χ0n) is 10.8. The number of sulfone groups is 1. The number of carbonyl (C=O) groups is 1. The van der Waals surface area contributed by atoms with E-state index in [4.69, 9.17) is 10.3 Å². The molecule has 0 spiro atoms. The average Bonchev–Trinajstić information content (AvgIpc) is 2.37. The summed E-state index contributed by atoms with van der Waals surface area (Å²) in [6.45, 7) is 2.45. The third-order valence-electron chi connectivity index (χ3n) is 3.08. The smallest absolute Gasteiger partial charge is 0.326 e. The maximum Gasteiger partial charge on any atom is 0.326 e. The van der Waals surface area contributed by atoms with E-state index in [-0.39, 0.29) is 37.5 Å². The lowest BCUT2D eigenvalue weighted by Crippen LogP contribution is -2.57. The van der Waals surface area contributed by atoms with Crippen LogP contribution in [0.25, 0.3) is 10.4 Å². The molecular formula is C10H18N4O4S. The van der Waals surface area contributed by atoms with Crippen LogP contribution in [0.2, 0.25) is 0 Å². The Kier molecular flexibility index (Phi) is 5.59. The molecule has 1 fully saturated rings. The van der Waals surface area contributed by atoms with Crippen molar-refractivity contribution in [1.82, 2.24) is 5.32 Å². The van der Waals surface area contributed by atoms with E-state index in [1.54, 1.807) is 6.92 Å². The molecule has 1 heterocycles. The maximum atomic E-state index is 12.0. The van der Waals surface area contributed by atoms with E-state index >= 15 is 0 Å². The highest BCUT2D eigenvalue weighted by molar-refractivity contribution is 7.91. The highest BCUT2D eigenvalue weighted by atomic mass is 32.2. The Morgan fingerprint density at radius 3 is 2.63 bits per heavy atom. The molecule has 8 nitrogen and oxygen atoms in total. The van der Waals surface area contributed by atoms with Crippen LogP contribution in [-0.4, -0.2) is 51.1 Å². The van der Waals surface area contributed by atoms with Gasteiger partial charge in [0.2, 0.25) is 0 Å². The van der Waals surface area contributed by atoms with Gasteiger partial charge in [0.1, 0.15) is 15.4 Å². The van der Waals surface area contributed by atoms with Crippen molar-refractivity contribution >= 4 is 15.8 Å². The summed E-state index contributed by atoms with van der Waals surface area (Å²) in [5.74, 6) is -0.522. The molecule has 0 atom stereocenters. The van der Waals surface area contributed by atoms with Crippen LogP contribution in [0.15, 0.2) is 5.11 Å². The molecule has 1 N–H and O–H groups in total. The summed E-state index contributed by atoms with van der Waals surface area (Å²) in [5.41, 5.74) is 7.21. The van der Waals surface area contributed by atoms with Gasteiger partial charge in [-0.1, -0.05) is 5.11 Å². The number of hydrogen-bond acceptors (Lipinski definition) is 6. The number of nitrogens with one attached hydrogen (secondary N) is 1. The highest BCUT2D eigenvalue weighted by Gasteiger charge is 2.44. The molecule has 0 aromatic rings. The lowest BCUT2D eigenvalue weighted by Gasteiger charge is -2.35. The van der Waals surface area contributed by atoms with Crippen LogP contribution in [0.4, 0.5) is 0 Å². The summed E-state index contributed by atoms with van der Waals surface area (Å²) in [6, 6.07) is 0. The minimum absolute atomic E-state index is 0.0413. The summed E-state index contributed by atoms with van der Waals surface area (Å²) in [7, 11) is -3.07. The standard InChI is InChI=1S/C10H18N4O4S/c1-2-18-9(15)10(12-5-6-13-14-11)3-7-19(16,17)8-4-10/h12H,2-8H2,1H3. The van der Waals surface area contributed by atoms with Crippen molar-refractivity contribution in [2.45, 2.75) is 25.3 Å². The molecule has 0 bridgehead atoms. The number of azide groups is 1. The molecule has 9 heteroatoms. The molecule has 0 aromatic heterocycles. The van der Waals surface area contributed by atoms with E-state index in [0.717, 1.165) is 0 Å². The van der Waals surface area contributed by atoms with E-state index < -0.39 is 21.3 Å². The Labute approximate surface area is 112 Å². The Hall–Kier alpha value is -1.31. The Morgan fingerprint density at radius 1 is 1.47 bits per heavy atom. The van der Waals surface area contributed by atoms with Gasteiger partial charge >= 0.3 is 5.97 Å². The van der Waals surface area contributed by atoms with Crippen LogP contribution in [-0.2, 0) is 19.4 Å². The molecule has 0 amide bonds. The van der Waals surface area contributed by atoms with Crippen molar-refractivity contribution in [3.05, 3.63) is 10.4 Å². The fourth-order valence-electron chi connectivity index (χ4n) is 2.00. The molecular weight excluding hydrogens is 272 g/mol. The van der Waals surface area contributed by atoms with Crippen molar-refractivity contribution in [2.75, 3.05) is 31.2 Å². The van der Waals surface area contributed by atoms with Gasteiger partial charge < -0.3 is 10.1 Å². The lowest BCUT2D eigenvalue weighted by atomic mass is 9.92. The predicted molar refractivity (Wildman–Crippen MR) is 69.3 cm³/mol. The molecule has 1 rings (SSSR count). The van der Waals surface area contributed by atoms with Gasteiger partial charge in [0.25, 0.3) is 0 Å². The average molecular weight is 290 g/mol. The van der Waals surface area contributed by atoms with Gasteiger partial charge in [-0.25, -0.2) is 8.42 Å². The number of esters is 1. The third kappa shape index (κ3) is 4.38. The van der Waals surface area contributed by atoms with Gasteiger partial charge in [-0.15, -0.1) is 0 Å². The highest BCUT2D eigenvalue weighted by Crippen LogP contribution is 2.25. The van der Waals surface area contributed by atoms with Crippen LogP contribution in [0, 0.1) is 0 Å². The topological polar surface area (TPSA) is 121 Å². The summed E-state index contributed by atoms with van der Waals surface area (Å²) in [4.78, 5) is 14.6. The first kappa shape index (κ1) is 15.7. The van der Waals surface area contributed by atoms with Gasteiger partial charge in [0.15, 0.2) is 0 Å². The Morgan fingerprint density at radius 2 is 2.11 bits per heavy atom. The van der Waals surface area contributed by atoms with Crippen molar-refractivity contribution in [3.8, 4) is 0 Å². The lowest BCUT2D eigenvalue weighted by molar-refractivity contribution is -0.151. The van der Waals surface area contributed by atoms with Gasteiger partial charge in [0.05, 0.1) is 18.1 Å². The van der Waals surface area contributed by atoms with Crippen molar-refractivity contribution < 1.29 is 17.9 Å². The summed E-state index contributed by atoms with van der Waals surface area (Å²) >= 11 is 0. The first-order valence-electron chi connectivity index (χ1n) is 6.09. The number of nitrogens with zero attached hydrogens (tertiary/aromatic N) is 3. The first-order chi connectivity index (χ1) is 8.96. The van der Waals surface area contributed by atoms with Crippen molar-refractivity contribution in [1.29, 1.82) is 0 Å². The fraction of sp³-hybridized carbons (Fsp3) is 0.900. The fourth-order valence-corrected chi connectivity index (χ4v) is 3.52. The van der Waals surface area contributed by atoms with Gasteiger partial charge in [0, 0.05) is 18.0 Å². The summed E-state index contributed by atoms with van der Waals surface area (Å²) in [6.07, 6.45) is 0.370. The molecule has 0 aromatic carbocycles. The van der Waals surface area contributed by atoms with Gasteiger partial charge in [-0.3, -0.25) is 4.79 Å². The van der Waals surface area contributed by atoms with Crippen molar-refractivity contribution in [2.24, 2.45) is 5.11 Å². The van der Waals surface area contributed by atoms with Crippen LogP contribution in [0.3, 0.4) is 0 Å². The Balaban J connectivity index is 2.74. The molecule has 108 valence electrons. The molecule has 0 radical (unpaired) electrons. The summed E-state index contributed by atoms with van der Waals surface area (Å²) < 4.78 is 27.9. The SMILES string of the molecule is CCOC(=O)C1(NCCN=[N+]=[N-])CCS(=O)(=O)CC1. The number of hydrogen-bond donors (Lipinski definition) is 1. The van der Waals surface area contributed by atoms with Gasteiger partial charge in [-0.2, -0.15) is 0 Å². The van der Waals surface area contributed by atoms with Crippen LogP contribution < -0.4 is 5.32 Å². The van der Waals surface area contributed by atoms with E-state index in [1.165, 1.54) is 0 Å². The molecule has 19 heavy (non-hydrogen) atoms. The third-order valence-corrected chi connectivity index (χ3v) is 4.74. The summed E-state index contributed by atoms with van der Waals surface area (Å²) in [5, 5.41) is 6.36. The van der Waals surface area contributed by atoms with Crippen LogP contribution in [0.1, 0.15) is 19.8 Å². The maximum absolute atomic E-state index is 12.0. The molecule has 0 aliphatic carbocycles. The van der Waals surface area contributed by atoms with Crippen molar-refractivity contribution in [3.63, 3.8) is 0 Å². The second-order valence-corrected chi connectivity index (χ2v) is 6.64. The molecule has 0 unspecified atom stereocenters. The molecule has 1 aliphatic heterocycles. The zero-order valence-corrected chi connectivity index (χ0v) is 11.6. The second-order valence-electron chi connectivity index (χ2n) is 4.34. The van der Waals surface area contributed by atoms with E-state index in [0.29, 0.717) is 6.54 Å². The minimum atomic E-state index is -3.07. The van der Waals surface area contributed by atoms with Crippen LogP contribution >= 0.6 is 0 Å². The number of rotatable bonds is 6. The second kappa shape index (κ2) is 6.74. The number of carbonyl (C=O) groups excluding carboxylic acids is 1. The van der Waals surface area contributed by atoms with Crippen LogP contribution in [0.5, 0.6) is 0 Å². The quantitative estimate of drug-likeness (QED) is 0.249.